The number of likely N-dealkylation sites (tertiary alicyclic amines) is 2. The summed E-state index contributed by atoms with van der Waals surface area (Å²) < 4.78 is 30.9. The monoisotopic (exact) mass is 370 g/mol. The van der Waals surface area contributed by atoms with Gasteiger partial charge in [0, 0.05) is 51.3 Å². The summed E-state index contributed by atoms with van der Waals surface area (Å²) in [5.41, 5.74) is -0.105. The summed E-state index contributed by atoms with van der Waals surface area (Å²) in [6.45, 7) is -0.0369. The third-order valence-electron chi connectivity index (χ3n) is 5.29. The number of methoxy groups -OCH3 is 1. The first kappa shape index (κ1) is 18.8. The average Bonchev–Trinajstić information content (AvgIpc) is 3.13. The quantitative estimate of drug-likeness (QED) is 0.792. The van der Waals surface area contributed by atoms with E-state index in [9.17, 15) is 18.4 Å². The molecule has 2 amide bonds. The van der Waals surface area contributed by atoms with Gasteiger partial charge in [-0.25, -0.2) is 4.68 Å². The number of hydrogen-bond donors (Lipinski definition) is 0. The third kappa shape index (κ3) is 3.87. The van der Waals surface area contributed by atoms with Crippen molar-refractivity contribution in [2.24, 2.45) is 5.41 Å². The molecule has 9 heteroatoms. The van der Waals surface area contributed by atoms with Crippen LogP contribution >= 0.6 is 0 Å². The maximum absolute atomic E-state index is 12.7. The standard InChI is InChI=1S/C17H24F2N4O3/c1-26-10-9-21-11-17(6-3-14(21)24)5-2-7-22(12-17)15(25)13-4-8-23(20-13)16(18)19/h4,8,16H,2-3,5-7,9-12H2,1H3/t17-/m0/s1. The van der Waals surface area contributed by atoms with E-state index in [1.165, 1.54) is 6.07 Å². The molecule has 2 aliphatic rings. The lowest BCUT2D eigenvalue weighted by Gasteiger charge is -2.48. The van der Waals surface area contributed by atoms with Gasteiger partial charge >= 0.3 is 6.55 Å². The molecule has 2 fully saturated rings. The lowest BCUT2D eigenvalue weighted by atomic mass is 9.73. The van der Waals surface area contributed by atoms with Crippen LogP contribution in [0.4, 0.5) is 8.78 Å². The second-order valence-corrected chi connectivity index (χ2v) is 7.10. The van der Waals surface area contributed by atoms with Gasteiger partial charge in [0.25, 0.3) is 5.91 Å². The average molecular weight is 370 g/mol. The fraction of sp³-hybridized carbons (Fsp3) is 0.706. The van der Waals surface area contributed by atoms with Gasteiger partial charge in [-0.1, -0.05) is 0 Å². The molecule has 2 aliphatic heterocycles. The van der Waals surface area contributed by atoms with Gasteiger partial charge in [0.05, 0.1) is 6.61 Å². The molecule has 1 atom stereocenters. The van der Waals surface area contributed by atoms with Gasteiger partial charge in [-0.05, 0) is 25.3 Å². The number of aromatic nitrogens is 2. The molecule has 1 spiro atoms. The molecule has 0 aromatic carbocycles. The minimum absolute atomic E-state index is 0.0328. The fourth-order valence-electron chi connectivity index (χ4n) is 3.94. The smallest absolute Gasteiger partial charge is 0.333 e. The molecule has 1 aromatic rings. The minimum Gasteiger partial charge on any atom is -0.383 e. The molecule has 2 saturated heterocycles. The van der Waals surface area contributed by atoms with E-state index in [-0.39, 0.29) is 22.9 Å². The van der Waals surface area contributed by atoms with Crippen molar-refractivity contribution in [3.05, 3.63) is 18.0 Å². The van der Waals surface area contributed by atoms with Crippen LogP contribution in [0, 0.1) is 5.41 Å². The predicted molar refractivity (Wildman–Crippen MR) is 88.7 cm³/mol. The number of hydrogen-bond acceptors (Lipinski definition) is 4. The summed E-state index contributed by atoms with van der Waals surface area (Å²) in [7, 11) is 1.60. The highest BCUT2D eigenvalue weighted by Gasteiger charge is 2.43. The number of rotatable bonds is 5. The molecule has 0 aliphatic carbocycles. The Hall–Kier alpha value is -2.03. The Morgan fingerprint density at radius 1 is 1.38 bits per heavy atom. The van der Waals surface area contributed by atoms with Crippen LogP contribution in [0.3, 0.4) is 0 Å². The molecule has 3 rings (SSSR count). The molecule has 0 unspecified atom stereocenters. The van der Waals surface area contributed by atoms with Gasteiger partial charge in [-0.15, -0.1) is 0 Å². The summed E-state index contributed by atoms with van der Waals surface area (Å²) in [6, 6.07) is 1.32. The molecular formula is C17H24F2N4O3. The highest BCUT2D eigenvalue weighted by Crippen LogP contribution is 2.39. The number of piperidine rings is 2. The third-order valence-corrected chi connectivity index (χ3v) is 5.29. The summed E-state index contributed by atoms with van der Waals surface area (Å²) in [5.74, 6) is -0.212. The normalized spacial score (nSPS) is 23.9. The SMILES string of the molecule is COCCN1C[C@]2(CCCN(C(=O)c3ccn(C(F)F)n3)C2)CCC1=O. The van der Waals surface area contributed by atoms with Crippen molar-refractivity contribution >= 4 is 11.8 Å². The Morgan fingerprint density at radius 3 is 2.88 bits per heavy atom. The Labute approximate surface area is 150 Å². The second-order valence-electron chi connectivity index (χ2n) is 7.10. The maximum Gasteiger partial charge on any atom is 0.333 e. The number of ether oxygens (including phenoxy) is 1. The van der Waals surface area contributed by atoms with Gasteiger partial charge in [0.2, 0.25) is 5.91 Å². The largest absolute Gasteiger partial charge is 0.383 e. The lowest BCUT2D eigenvalue weighted by molar-refractivity contribution is -0.139. The molecular weight excluding hydrogens is 346 g/mol. The number of carbonyl (C=O) groups is 2. The van der Waals surface area contributed by atoms with E-state index in [1.54, 1.807) is 12.0 Å². The number of amides is 2. The lowest BCUT2D eigenvalue weighted by Crippen LogP contribution is -2.55. The van der Waals surface area contributed by atoms with Crippen LogP contribution in [0.15, 0.2) is 12.3 Å². The van der Waals surface area contributed by atoms with Crippen molar-refractivity contribution in [2.45, 2.75) is 32.2 Å². The van der Waals surface area contributed by atoms with E-state index in [2.05, 4.69) is 5.10 Å². The van der Waals surface area contributed by atoms with Crippen LogP contribution in [-0.4, -0.2) is 71.3 Å². The Balaban J connectivity index is 1.69. The van der Waals surface area contributed by atoms with Gasteiger partial charge in [-0.3, -0.25) is 9.59 Å². The number of carbonyl (C=O) groups excluding carboxylic acids is 2. The van der Waals surface area contributed by atoms with Crippen LogP contribution in [0.1, 0.15) is 42.7 Å². The van der Waals surface area contributed by atoms with E-state index in [0.29, 0.717) is 43.9 Å². The first-order valence-electron chi connectivity index (χ1n) is 8.83. The van der Waals surface area contributed by atoms with E-state index < -0.39 is 6.55 Å². The van der Waals surface area contributed by atoms with Crippen molar-refractivity contribution < 1.29 is 23.1 Å². The molecule has 0 saturated carbocycles. The maximum atomic E-state index is 12.7. The zero-order valence-corrected chi connectivity index (χ0v) is 14.9. The summed E-state index contributed by atoms with van der Waals surface area (Å²) >= 11 is 0. The van der Waals surface area contributed by atoms with Gasteiger partial charge < -0.3 is 14.5 Å². The summed E-state index contributed by atoms with van der Waals surface area (Å²) in [4.78, 5) is 28.3. The van der Waals surface area contributed by atoms with E-state index in [4.69, 9.17) is 4.74 Å². The van der Waals surface area contributed by atoms with Crippen molar-refractivity contribution in [3.63, 3.8) is 0 Å². The summed E-state index contributed by atoms with van der Waals surface area (Å²) in [5, 5.41) is 3.68. The van der Waals surface area contributed by atoms with Gasteiger partial charge in [0.15, 0.2) is 5.69 Å². The Morgan fingerprint density at radius 2 is 2.19 bits per heavy atom. The van der Waals surface area contributed by atoms with E-state index in [0.717, 1.165) is 25.5 Å². The molecule has 1 aromatic heterocycles. The Kier molecular flexibility index (Phi) is 5.55. The van der Waals surface area contributed by atoms with Crippen molar-refractivity contribution in [1.82, 2.24) is 19.6 Å². The molecule has 144 valence electrons. The first-order chi connectivity index (χ1) is 12.4. The number of nitrogens with zero attached hydrogens (tertiary/aromatic N) is 4. The van der Waals surface area contributed by atoms with Crippen LogP contribution in [0.25, 0.3) is 0 Å². The molecule has 3 heterocycles. The fourth-order valence-corrected chi connectivity index (χ4v) is 3.94. The van der Waals surface area contributed by atoms with Crippen LogP contribution in [0.5, 0.6) is 0 Å². The van der Waals surface area contributed by atoms with Gasteiger partial charge in [-0.2, -0.15) is 13.9 Å². The van der Waals surface area contributed by atoms with E-state index in [1.807, 2.05) is 4.90 Å². The second kappa shape index (κ2) is 7.69. The van der Waals surface area contributed by atoms with Crippen molar-refractivity contribution in [2.75, 3.05) is 39.9 Å². The molecule has 0 N–H and O–H groups in total. The number of halogens is 2. The zero-order chi connectivity index (χ0) is 18.7. The molecule has 26 heavy (non-hydrogen) atoms. The molecule has 0 radical (unpaired) electrons. The predicted octanol–water partition coefficient (Wildman–Crippen LogP) is 1.77. The van der Waals surface area contributed by atoms with Gasteiger partial charge in [0.1, 0.15) is 0 Å². The molecule has 0 bridgehead atoms. The Bertz CT molecular complexity index is 666. The topological polar surface area (TPSA) is 67.7 Å². The summed E-state index contributed by atoms with van der Waals surface area (Å²) in [6.07, 6.45) is 4.09. The first-order valence-corrected chi connectivity index (χ1v) is 8.83. The van der Waals surface area contributed by atoms with Crippen LogP contribution < -0.4 is 0 Å². The van der Waals surface area contributed by atoms with Crippen LogP contribution in [0.2, 0.25) is 0 Å². The van der Waals surface area contributed by atoms with Crippen molar-refractivity contribution in [3.8, 4) is 0 Å². The number of alkyl halides is 2. The van der Waals surface area contributed by atoms with E-state index >= 15 is 0 Å². The highest BCUT2D eigenvalue weighted by atomic mass is 19.3. The van der Waals surface area contributed by atoms with Crippen molar-refractivity contribution in [1.29, 1.82) is 0 Å². The highest BCUT2D eigenvalue weighted by molar-refractivity contribution is 5.92. The zero-order valence-electron chi connectivity index (χ0n) is 14.9. The van der Waals surface area contributed by atoms with Crippen LogP contribution in [-0.2, 0) is 9.53 Å². The molecule has 7 nitrogen and oxygen atoms in total. The minimum atomic E-state index is -2.76.